The minimum atomic E-state index is -1.82. The molecule has 2 aliphatic heterocycles. The lowest BCUT2D eigenvalue weighted by Crippen LogP contribution is -2.44. The van der Waals surface area contributed by atoms with Crippen LogP contribution in [0.25, 0.3) is 0 Å². The topological polar surface area (TPSA) is 117 Å². The highest BCUT2D eigenvalue weighted by Gasteiger charge is 2.29. The minimum Gasteiger partial charge on any atom is -0.493 e. The lowest BCUT2D eigenvalue weighted by molar-refractivity contribution is -0.159. The average molecular weight is 437 g/mol. The molecule has 9 nitrogen and oxygen atoms in total. The highest BCUT2D eigenvalue weighted by molar-refractivity contribution is 6.27. The summed E-state index contributed by atoms with van der Waals surface area (Å²) in [6.45, 7) is 4.68. The maximum Gasteiger partial charge on any atom is 0.414 e. The van der Waals surface area contributed by atoms with Crippen molar-refractivity contribution in [2.45, 2.75) is 38.6 Å². The Balaban J connectivity index is 0.000000501. The quantitative estimate of drug-likeness (QED) is 0.674. The molecule has 0 bridgehead atoms. The maximum atomic E-state index is 12.7. The lowest BCUT2D eigenvalue weighted by atomic mass is 9.94. The molecule has 0 unspecified atom stereocenters. The van der Waals surface area contributed by atoms with Gasteiger partial charge >= 0.3 is 11.9 Å². The van der Waals surface area contributed by atoms with E-state index >= 15 is 0 Å². The largest absolute Gasteiger partial charge is 0.493 e. The number of benzene rings is 1. The van der Waals surface area contributed by atoms with Crippen LogP contribution in [-0.2, 0) is 20.9 Å². The summed E-state index contributed by atoms with van der Waals surface area (Å²) >= 11 is 0. The number of ether oxygens (including phenoxy) is 2. The molecule has 3 rings (SSSR count). The van der Waals surface area contributed by atoms with E-state index in [1.807, 2.05) is 12.1 Å². The number of hydrogen-bond donors (Lipinski definition) is 2. The fraction of sp³-hybridized carbons (Fsp3) is 0.591. The van der Waals surface area contributed by atoms with Crippen LogP contribution < -0.4 is 9.47 Å². The molecule has 0 aromatic heterocycles. The molecule has 2 saturated heterocycles. The number of rotatable bonds is 5. The molecule has 2 aliphatic rings. The van der Waals surface area contributed by atoms with Crippen LogP contribution in [0.5, 0.6) is 11.5 Å². The second-order valence-corrected chi connectivity index (χ2v) is 7.70. The maximum absolute atomic E-state index is 12.7. The molecule has 0 saturated carbocycles. The molecular formula is C22H32N2O7. The van der Waals surface area contributed by atoms with E-state index in [0.717, 1.165) is 62.6 Å². The molecule has 0 atom stereocenters. The first kappa shape index (κ1) is 24.5. The third kappa shape index (κ3) is 7.13. The number of carboxylic acids is 2. The SMILES string of the molecule is COc1cccc(CN2CCC(C(=O)N3CCCCC3)CC2)c1OC.O=C(O)C(=O)O. The predicted octanol–water partition coefficient (Wildman–Crippen LogP) is 2.08. The standard InChI is InChI=1S/C20H30N2O3.C2H2O4/c1-24-18-8-6-7-17(19(18)25-2)15-21-13-9-16(10-14-21)20(23)22-11-4-3-5-12-22;3-1(4)2(5)6/h6-8,16H,3-5,9-15H2,1-2H3;(H,3,4)(H,5,6). The van der Waals surface area contributed by atoms with Gasteiger partial charge in [-0.15, -0.1) is 0 Å². The molecule has 1 amide bonds. The number of amides is 1. The van der Waals surface area contributed by atoms with Gasteiger partial charge in [0.15, 0.2) is 11.5 Å². The number of nitrogens with zero attached hydrogens (tertiary/aromatic N) is 2. The first-order valence-corrected chi connectivity index (χ1v) is 10.5. The van der Waals surface area contributed by atoms with E-state index in [1.54, 1.807) is 14.2 Å². The number of likely N-dealkylation sites (tertiary alicyclic amines) is 2. The summed E-state index contributed by atoms with van der Waals surface area (Å²) in [6, 6.07) is 6.02. The van der Waals surface area contributed by atoms with Crippen molar-refractivity contribution < 1.29 is 34.1 Å². The van der Waals surface area contributed by atoms with E-state index < -0.39 is 11.9 Å². The van der Waals surface area contributed by atoms with Gasteiger partial charge in [-0.2, -0.15) is 0 Å². The van der Waals surface area contributed by atoms with Crippen molar-refractivity contribution in [1.82, 2.24) is 9.80 Å². The van der Waals surface area contributed by atoms with Gasteiger partial charge in [-0.3, -0.25) is 9.69 Å². The first-order valence-electron chi connectivity index (χ1n) is 10.5. The van der Waals surface area contributed by atoms with Gasteiger partial charge in [0.1, 0.15) is 0 Å². The van der Waals surface area contributed by atoms with Crippen LogP contribution in [0.15, 0.2) is 18.2 Å². The van der Waals surface area contributed by atoms with Crippen molar-refractivity contribution in [2.75, 3.05) is 40.4 Å². The van der Waals surface area contributed by atoms with Gasteiger partial charge in [0.05, 0.1) is 14.2 Å². The van der Waals surface area contributed by atoms with Crippen LogP contribution in [0, 0.1) is 5.92 Å². The molecule has 2 N–H and O–H groups in total. The zero-order valence-corrected chi connectivity index (χ0v) is 18.2. The Kier molecular flexibility index (Phi) is 9.58. The van der Waals surface area contributed by atoms with E-state index in [0.29, 0.717) is 5.91 Å². The summed E-state index contributed by atoms with van der Waals surface area (Å²) in [4.78, 5) is 35.4. The zero-order chi connectivity index (χ0) is 22.8. The van der Waals surface area contributed by atoms with Gasteiger partial charge in [0.25, 0.3) is 0 Å². The Bertz CT molecular complexity index is 742. The molecule has 2 fully saturated rings. The van der Waals surface area contributed by atoms with E-state index in [-0.39, 0.29) is 5.92 Å². The van der Waals surface area contributed by atoms with Crippen LogP contribution in [0.2, 0.25) is 0 Å². The monoisotopic (exact) mass is 436 g/mol. The molecule has 31 heavy (non-hydrogen) atoms. The van der Waals surface area contributed by atoms with Crippen LogP contribution in [-0.4, -0.2) is 78.3 Å². The van der Waals surface area contributed by atoms with Gasteiger partial charge in [-0.1, -0.05) is 12.1 Å². The number of piperidine rings is 2. The Morgan fingerprint density at radius 1 is 0.935 bits per heavy atom. The third-order valence-electron chi connectivity index (χ3n) is 5.67. The zero-order valence-electron chi connectivity index (χ0n) is 18.2. The number of carbonyl (C=O) groups excluding carboxylic acids is 1. The molecule has 1 aromatic rings. The lowest BCUT2D eigenvalue weighted by Gasteiger charge is -2.35. The summed E-state index contributed by atoms with van der Waals surface area (Å²) in [6.07, 6.45) is 5.52. The molecule has 9 heteroatoms. The fourth-order valence-corrected chi connectivity index (χ4v) is 4.03. The number of para-hydroxylation sites is 1. The van der Waals surface area contributed by atoms with Gasteiger partial charge < -0.3 is 24.6 Å². The van der Waals surface area contributed by atoms with Crippen molar-refractivity contribution in [3.05, 3.63) is 23.8 Å². The second-order valence-electron chi connectivity index (χ2n) is 7.70. The fourth-order valence-electron chi connectivity index (χ4n) is 4.03. The van der Waals surface area contributed by atoms with Gasteiger partial charge in [0.2, 0.25) is 5.91 Å². The van der Waals surface area contributed by atoms with E-state index in [9.17, 15) is 4.79 Å². The molecule has 0 spiro atoms. The molecule has 0 aliphatic carbocycles. The third-order valence-corrected chi connectivity index (χ3v) is 5.67. The number of aliphatic carboxylic acids is 2. The Morgan fingerprint density at radius 2 is 1.55 bits per heavy atom. The number of carbonyl (C=O) groups is 3. The summed E-state index contributed by atoms with van der Waals surface area (Å²) in [5, 5.41) is 14.8. The highest BCUT2D eigenvalue weighted by Crippen LogP contribution is 2.32. The molecule has 1 aromatic carbocycles. The summed E-state index contributed by atoms with van der Waals surface area (Å²) < 4.78 is 10.9. The van der Waals surface area contributed by atoms with Gasteiger partial charge in [0, 0.05) is 31.1 Å². The van der Waals surface area contributed by atoms with Gasteiger partial charge in [-0.05, 0) is 51.3 Å². The van der Waals surface area contributed by atoms with Crippen LogP contribution in [0.4, 0.5) is 0 Å². The summed E-state index contributed by atoms with van der Waals surface area (Å²) in [5.41, 5.74) is 1.14. The number of carboxylic acid groups (broad SMARTS) is 2. The minimum absolute atomic E-state index is 0.210. The van der Waals surface area contributed by atoms with Crippen LogP contribution in [0.3, 0.4) is 0 Å². The Labute approximate surface area is 182 Å². The van der Waals surface area contributed by atoms with E-state index in [4.69, 9.17) is 29.3 Å². The Morgan fingerprint density at radius 3 is 2.06 bits per heavy atom. The van der Waals surface area contributed by atoms with Gasteiger partial charge in [-0.25, -0.2) is 9.59 Å². The first-order chi connectivity index (χ1) is 14.9. The van der Waals surface area contributed by atoms with Crippen molar-refractivity contribution >= 4 is 17.8 Å². The van der Waals surface area contributed by atoms with Crippen LogP contribution in [0.1, 0.15) is 37.7 Å². The summed E-state index contributed by atoms with van der Waals surface area (Å²) in [5.74, 6) is -1.46. The van der Waals surface area contributed by atoms with Crippen LogP contribution >= 0.6 is 0 Å². The highest BCUT2D eigenvalue weighted by atomic mass is 16.5. The average Bonchev–Trinajstić information content (AvgIpc) is 2.79. The molecule has 2 heterocycles. The normalized spacial score (nSPS) is 17.3. The van der Waals surface area contributed by atoms with Crippen molar-refractivity contribution in [3.8, 4) is 11.5 Å². The van der Waals surface area contributed by atoms with Crippen molar-refractivity contribution in [2.24, 2.45) is 5.92 Å². The smallest absolute Gasteiger partial charge is 0.414 e. The van der Waals surface area contributed by atoms with Crippen molar-refractivity contribution in [3.63, 3.8) is 0 Å². The number of hydrogen-bond acceptors (Lipinski definition) is 6. The summed E-state index contributed by atoms with van der Waals surface area (Å²) in [7, 11) is 3.35. The predicted molar refractivity (Wildman–Crippen MR) is 113 cm³/mol. The molecule has 172 valence electrons. The Hall–Kier alpha value is -2.81. The number of methoxy groups -OCH3 is 2. The van der Waals surface area contributed by atoms with E-state index in [2.05, 4.69) is 15.9 Å². The van der Waals surface area contributed by atoms with E-state index in [1.165, 1.54) is 19.3 Å². The molecule has 0 radical (unpaired) electrons. The second kappa shape index (κ2) is 12.1. The van der Waals surface area contributed by atoms with Crippen molar-refractivity contribution in [1.29, 1.82) is 0 Å². The molecular weight excluding hydrogens is 404 g/mol.